The van der Waals surface area contributed by atoms with Crippen molar-refractivity contribution in [1.82, 2.24) is 9.03 Å². The maximum absolute atomic E-state index is 11.7. The number of nitrogens with zero attached hydrogens (tertiary/aromatic N) is 2. The molecule has 1 aliphatic heterocycles. The number of benzene rings is 1. The summed E-state index contributed by atoms with van der Waals surface area (Å²) in [7, 11) is -3.80. The summed E-state index contributed by atoms with van der Waals surface area (Å²) in [5, 5.41) is 19.8. The Labute approximate surface area is 130 Å². The van der Waals surface area contributed by atoms with Crippen LogP contribution in [0.1, 0.15) is 5.76 Å². The van der Waals surface area contributed by atoms with Gasteiger partial charge < -0.3 is 9.52 Å². The number of nitro benzene ring substituents is 1. The third-order valence-electron chi connectivity index (χ3n) is 3.14. The molecule has 10 heteroatoms. The van der Waals surface area contributed by atoms with Gasteiger partial charge in [-0.1, -0.05) is 0 Å². The summed E-state index contributed by atoms with van der Waals surface area (Å²) in [4.78, 5) is 10.1. The summed E-state index contributed by atoms with van der Waals surface area (Å²) in [6, 6.07) is 9.02. The van der Waals surface area contributed by atoms with E-state index in [0.717, 1.165) is 10.5 Å². The highest BCUT2D eigenvalue weighted by atomic mass is 32.2. The van der Waals surface area contributed by atoms with Crippen LogP contribution in [0.5, 0.6) is 0 Å². The summed E-state index contributed by atoms with van der Waals surface area (Å²) in [6.07, 6.45) is 1.05. The number of nitro groups is 1. The van der Waals surface area contributed by atoms with Crippen LogP contribution in [0.2, 0.25) is 0 Å². The van der Waals surface area contributed by atoms with Gasteiger partial charge in [-0.15, -0.1) is 0 Å². The lowest BCUT2D eigenvalue weighted by Gasteiger charge is -2.11. The molecule has 0 amide bonds. The van der Waals surface area contributed by atoms with Crippen molar-refractivity contribution in [1.29, 1.82) is 0 Å². The SMILES string of the molecule is O=[N+]([O-])c1ccc(-c2ccc(CN3C=C(O)NS3(=O)=O)o2)cc1. The van der Waals surface area contributed by atoms with Crippen LogP contribution in [-0.4, -0.2) is 22.8 Å². The van der Waals surface area contributed by atoms with Gasteiger partial charge in [0.15, 0.2) is 0 Å². The van der Waals surface area contributed by atoms with Crippen molar-refractivity contribution >= 4 is 15.9 Å². The molecule has 0 radical (unpaired) electrons. The third kappa shape index (κ3) is 2.97. The highest BCUT2D eigenvalue weighted by Crippen LogP contribution is 2.26. The quantitative estimate of drug-likeness (QED) is 0.648. The molecule has 1 aliphatic rings. The first kappa shape index (κ1) is 14.9. The first-order chi connectivity index (χ1) is 10.8. The van der Waals surface area contributed by atoms with E-state index < -0.39 is 21.0 Å². The zero-order valence-electron chi connectivity index (χ0n) is 11.5. The van der Waals surface area contributed by atoms with Gasteiger partial charge in [-0.05, 0) is 24.3 Å². The topological polar surface area (TPSA) is 126 Å². The summed E-state index contributed by atoms with van der Waals surface area (Å²) < 4.78 is 31.7. The zero-order chi connectivity index (χ0) is 16.6. The first-order valence-electron chi connectivity index (χ1n) is 6.39. The fourth-order valence-electron chi connectivity index (χ4n) is 2.07. The maximum Gasteiger partial charge on any atom is 0.326 e. The largest absolute Gasteiger partial charge is 0.493 e. The molecular weight excluding hydrogens is 326 g/mol. The number of non-ortho nitro benzene ring substituents is 1. The first-order valence-corrected chi connectivity index (χ1v) is 7.83. The van der Waals surface area contributed by atoms with Gasteiger partial charge in [0.2, 0.25) is 5.88 Å². The van der Waals surface area contributed by atoms with Crippen LogP contribution in [-0.2, 0) is 16.8 Å². The van der Waals surface area contributed by atoms with E-state index in [2.05, 4.69) is 0 Å². The molecule has 0 bridgehead atoms. The molecule has 2 aromatic rings. The third-order valence-corrected chi connectivity index (χ3v) is 4.46. The van der Waals surface area contributed by atoms with Crippen LogP contribution in [0.3, 0.4) is 0 Å². The van der Waals surface area contributed by atoms with E-state index in [1.165, 1.54) is 12.1 Å². The van der Waals surface area contributed by atoms with Gasteiger partial charge in [-0.25, -0.2) is 9.03 Å². The van der Waals surface area contributed by atoms with Crippen LogP contribution in [0, 0.1) is 10.1 Å². The molecule has 1 aromatic carbocycles. The predicted molar refractivity (Wildman–Crippen MR) is 79.1 cm³/mol. The second kappa shape index (κ2) is 5.32. The average Bonchev–Trinajstić information content (AvgIpc) is 3.04. The van der Waals surface area contributed by atoms with Crippen molar-refractivity contribution in [3.05, 3.63) is 64.4 Å². The predicted octanol–water partition coefficient (Wildman–Crippen LogP) is 1.86. The van der Waals surface area contributed by atoms with E-state index >= 15 is 0 Å². The van der Waals surface area contributed by atoms with E-state index in [1.54, 1.807) is 24.3 Å². The van der Waals surface area contributed by atoms with Crippen molar-refractivity contribution in [2.75, 3.05) is 0 Å². The van der Waals surface area contributed by atoms with Crippen LogP contribution < -0.4 is 4.72 Å². The Morgan fingerprint density at radius 3 is 2.48 bits per heavy atom. The normalized spacial score (nSPS) is 16.0. The number of aliphatic hydroxyl groups is 1. The number of hydrogen-bond acceptors (Lipinski definition) is 6. The molecule has 0 fully saturated rings. The highest BCUT2D eigenvalue weighted by Gasteiger charge is 2.28. The van der Waals surface area contributed by atoms with E-state index in [-0.39, 0.29) is 12.2 Å². The minimum atomic E-state index is -3.80. The van der Waals surface area contributed by atoms with E-state index in [4.69, 9.17) is 4.42 Å². The van der Waals surface area contributed by atoms with Gasteiger partial charge in [0.25, 0.3) is 5.69 Å². The van der Waals surface area contributed by atoms with Crippen LogP contribution in [0.4, 0.5) is 5.69 Å². The number of aliphatic hydroxyl groups excluding tert-OH is 1. The standard InChI is InChI=1S/C13H11N3O6S/c17-13-8-15(23(20,21)14-13)7-11-5-6-12(22-11)9-1-3-10(4-2-9)16(18)19/h1-6,8,14,17H,7H2. The van der Waals surface area contributed by atoms with Gasteiger partial charge in [-0.2, -0.15) is 8.42 Å². The Bertz CT molecular complexity index is 885. The molecule has 0 unspecified atom stereocenters. The van der Waals surface area contributed by atoms with Crippen molar-refractivity contribution in [3.63, 3.8) is 0 Å². The van der Waals surface area contributed by atoms with Crippen LogP contribution in [0.25, 0.3) is 11.3 Å². The van der Waals surface area contributed by atoms with Gasteiger partial charge in [0.05, 0.1) is 17.7 Å². The summed E-state index contributed by atoms with van der Waals surface area (Å²) >= 11 is 0. The fraction of sp³-hybridized carbons (Fsp3) is 0.0769. The van der Waals surface area contributed by atoms with Gasteiger partial charge in [0, 0.05) is 17.7 Å². The van der Waals surface area contributed by atoms with Crippen molar-refractivity contribution < 1.29 is 22.9 Å². The second-order valence-electron chi connectivity index (χ2n) is 4.74. The molecule has 0 saturated carbocycles. The summed E-state index contributed by atoms with van der Waals surface area (Å²) in [5.74, 6) is 0.342. The second-order valence-corrected chi connectivity index (χ2v) is 6.36. The van der Waals surface area contributed by atoms with Crippen molar-refractivity contribution in [2.24, 2.45) is 0 Å². The lowest BCUT2D eigenvalue weighted by molar-refractivity contribution is -0.384. The van der Waals surface area contributed by atoms with E-state index in [1.807, 2.05) is 4.72 Å². The minimum absolute atomic E-state index is 0.0321. The molecule has 120 valence electrons. The van der Waals surface area contributed by atoms with Crippen molar-refractivity contribution in [3.8, 4) is 11.3 Å². The molecule has 0 aliphatic carbocycles. The maximum atomic E-state index is 11.7. The molecule has 3 rings (SSSR count). The number of hydrogen-bond donors (Lipinski definition) is 2. The lowest BCUT2D eigenvalue weighted by atomic mass is 10.1. The molecule has 2 N–H and O–H groups in total. The van der Waals surface area contributed by atoms with Crippen LogP contribution in [0.15, 0.2) is 52.9 Å². The number of furan rings is 1. The zero-order valence-corrected chi connectivity index (χ0v) is 12.4. The molecule has 1 aromatic heterocycles. The van der Waals surface area contributed by atoms with Gasteiger partial charge >= 0.3 is 10.2 Å². The Hall–Kier alpha value is -3.01. The Morgan fingerprint density at radius 2 is 1.91 bits per heavy atom. The average molecular weight is 337 g/mol. The van der Waals surface area contributed by atoms with Gasteiger partial charge in [0.1, 0.15) is 11.5 Å². The number of nitrogens with one attached hydrogen (secondary N) is 1. The van der Waals surface area contributed by atoms with Crippen molar-refractivity contribution in [2.45, 2.75) is 6.54 Å². The highest BCUT2D eigenvalue weighted by molar-refractivity contribution is 7.87. The number of rotatable bonds is 4. The summed E-state index contributed by atoms with van der Waals surface area (Å²) in [5.41, 5.74) is 0.595. The fourth-order valence-corrected chi connectivity index (χ4v) is 3.04. The van der Waals surface area contributed by atoms with E-state index in [9.17, 15) is 23.6 Å². The smallest absolute Gasteiger partial charge is 0.326 e. The lowest BCUT2D eigenvalue weighted by Crippen LogP contribution is -2.29. The minimum Gasteiger partial charge on any atom is -0.493 e. The molecule has 2 heterocycles. The molecule has 23 heavy (non-hydrogen) atoms. The molecule has 0 spiro atoms. The summed E-state index contributed by atoms with van der Waals surface area (Å²) in [6.45, 7) is -0.0909. The molecular formula is C13H11N3O6S. The van der Waals surface area contributed by atoms with Crippen LogP contribution >= 0.6 is 0 Å². The molecule has 0 atom stereocenters. The Kier molecular flexibility index (Phi) is 3.45. The Morgan fingerprint density at radius 1 is 1.22 bits per heavy atom. The molecule has 0 saturated heterocycles. The van der Waals surface area contributed by atoms with E-state index in [0.29, 0.717) is 17.1 Å². The monoisotopic (exact) mass is 337 g/mol. The van der Waals surface area contributed by atoms with Gasteiger partial charge in [-0.3, -0.25) is 10.1 Å². The Balaban J connectivity index is 1.79. The molecule has 9 nitrogen and oxygen atoms in total.